The van der Waals surface area contributed by atoms with E-state index in [9.17, 15) is 5.11 Å². The van der Waals surface area contributed by atoms with Crippen molar-refractivity contribution < 1.29 is 14.6 Å². The van der Waals surface area contributed by atoms with Crippen molar-refractivity contribution in [3.05, 3.63) is 65.2 Å². The lowest BCUT2D eigenvalue weighted by Gasteiger charge is -2.16. The van der Waals surface area contributed by atoms with Crippen LogP contribution in [0.15, 0.2) is 58.5 Å². The Morgan fingerprint density at radius 3 is 2.59 bits per heavy atom. The number of aliphatic imine (C=N–C) groups is 2. The molecule has 0 bridgehead atoms. The molecule has 0 saturated heterocycles. The molecule has 0 fully saturated rings. The Morgan fingerprint density at radius 1 is 1.09 bits per heavy atom. The molecule has 1 heterocycles. The summed E-state index contributed by atoms with van der Waals surface area (Å²) in [5, 5.41) is 9.46. The highest BCUT2D eigenvalue weighted by atomic mass is 16.5. The molecular formula is C17H16N2O3. The van der Waals surface area contributed by atoms with Crippen molar-refractivity contribution in [2.75, 3.05) is 13.8 Å². The third-order valence-electron chi connectivity index (χ3n) is 3.39. The number of ether oxygens (including phenoxy) is 2. The summed E-state index contributed by atoms with van der Waals surface area (Å²) >= 11 is 0. The Hall–Kier alpha value is -2.66. The smallest absolute Gasteiger partial charge is 0.228 e. The molecule has 0 aliphatic carbocycles. The van der Waals surface area contributed by atoms with Crippen molar-refractivity contribution in [1.82, 2.24) is 0 Å². The van der Waals surface area contributed by atoms with E-state index < -0.39 is 0 Å². The Balaban J connectivity index is 2.02. The third-order valence-corrected chi connectivity index (χ3v) is 3.39. The van der Waals surface area contributed by atoms with Gasteiger partial charge in [0.1, 0.15) is 5.75 Å². The standard InChI is InChI=1S/C17H16N2O3/c1-21-15-9-5-4-8-14(15)17-19-16(18-11-22-17)13-7-3-2-6-12(13)10-20/h2-9,20H,10-11H2,1H3. The van der Waals surface area contributed by atoms with Gasteiger partial charge in [0.15, 0.2) is 12.6 Å². The minimum atomic E-state index is -0.0600. The van der Waals surface area contributed by atoms with E-state index >= 15 is 0 Å². The maximum atomic E-state index is 9.46. The van der Waals surface area contributed by atoms with E-state index in [0.717, 1.165) is 16.7 Å². The number of hydrogen-bond acceptors (Lipinski definition) is 5. The Labute approximate surface area is 128 Å². The van der Waals surface area contributed by atoms with E-state index in [-0.39, 0.29) is 13.3 Å². The number of nitrogens with zero attached hydrogens (tertiary/aromatic N) is 2. The Bertz CT molecular complexity index is 738. The van der Waals surface area contributed by atoms with Crippen LogP contribution in [0.3, 0.4) is 0 Å². The van der Waals surface area contributed by atoms with Crippen molar-refractivity contribution >= 4 is 11.7 Å². The van der Waals surface area contributed by atoms with Crippen molar-refractivity contribution in [3.63, 3.8) is 0 Å². The lowest BCUT2D eigenvalue weighted by atomic mass is 10.1. The molecule has 0 radical (unpaired) electrons. The number of hydrogen-bond donors (Lipinski definition) is 1. The van der Waals surface area contributed by atoms with Crippen LogP contribution in [0.5, 0.6) is 5.75 Å². The van der Waals surface area contributed by atoms with Gasteiger partial charge in [-0.25, -0.2) is 4.99 Å². The average molecular weight is 296 g/mol. The van der Waals surface area contributed by atoms with Gasteiger partial charge >= 0.3 is 0 Å². The van der Waals surface area contributed by atoms with Gasteiger partial charge in [0.05, 0.1) is 19.3 Å². The molecule has 1 aliphatic heterocycles. The highest BCUT2D eigenvalue weighted by molar-refractivity contribution is 6.11. The maximum absolute atomic E-state index is 9.46. The van der Waals surface area contributed by atoms with Gasteiger partial charge in [-0.05, 0) is 17.7 Å². The summed E-state index contributed by atoms with van der Waals surface area (Å²) in [7, 11) is 1.61. The number of methoxy groups -OCH3 is 1. The first-order valence-electron chi connectivity index (χ1n) is 6.92. The zero-order valence-corrected chi connectivity index (χ0v) is 12.2. The van der Waals surface area contributed by atoms with Gasteiger partial charge in [-0.2, -0.15) is 4.99 Å². The Kier molecular flexibility index (Phi) is 4.16. The van der Waals surface area contributed by atoms with E-state index in [1.165, 1.54) is 0 Å². The fraction of sp³-hybridized carbons (Fsp3) is 0.176. The van der Waals surface area contributed by atoms with Gasteiger partial charge in [0.25, 0.3) is 0 Å². The van der Waals surface area contributed by atoms with Gasteiger partial charge in [0, 0.05) is 5.56 Å². The Morgan fingerprint density at radius 2 is 1.82 bits per heavy atom. The number of para-hydroxylation sites is 1. The van der Waals surface area contributed by atoms with Crippen LogP contribution in [-0.4, -0.2) is 30.7 Å². The van der Waals surface area contributed by atoms with Crippen molar-refractivity contribution in [2.45, 2.75) is 6.61 Å². The summed E-state index contributed by atoms with van der Waals surface area (Å²) in [5.41, 5.74) is 2.37. The molecule has 0 aromatic heterocycles. The highest BCUT2D eigenvalue weighted by Gasteiger charge is 2.18. The van der Waals surface area contributed by atoms with E-state index in [1.54, 1.807) is 7.11 Å². The SMILES string of the molecule is COc1ccccc1C1=NC(c2ccccc2CO)=NCO1. The summed E-state index contributed by atoms with van der Waals surface area (Å²) in [5.74, 6) is 1.71. The molecule has 112 valence electrons. The topological polar surface area (TPSA) is 63.4 Å². The summed E-state index contributed by atoms with van der Waals surface area (Å²) in [4.78, 5) is 8.79. The third kappa shape index (κ3) is 2.71. The first-order chi connectivity index (χ1) is 10.8. The van der Waals surface area contributed by atoms with Crippen LogP contribution in [0.2, 0.25) is 0 Å². The predicted octanol–water partition coefficient (Wildman–Crippen LogP) is 2.37. The summed E-state index contributed by atoms with van der Waals surface area (Å²) < 4.78 is 10.9. The molecule has 22 heavy (non-hydrogen) atoms. The molecule has 0 spiro atoms. The first-order valence-corrected chi connectivity index (χ1v) is 6.92. The molecule has 1 N–H and O–H groups in total. The van der Waals surface area contributed by atoms with Crippen LogP contribution < -0.4 is 4.74 Å². The van der Waals surface area contributed by atoms with E-state index in [2.05, 4.69) is 9.98 Å². The van der Waals surface area contributed by atoms with Crippen LogP contribution in [0, 0.1) is 0 Å². The maximum Gasteiger partial charge on any atom is 0.228 e. The molecule has 5 nitrogen and oxygen atoms in total. The van der Waals surface area contributed by atoms with Crippen molar-refractivity contribution in [1.29, 1.82) is 0 Å². The number of aliphatic hydroxyl groups excluding tert-OH is 1. The van der Waals surface area contributed by atoms with Crippen LogP contribution in [0.25, 0.3) is 0 Å². The molecule has 0 amide bonds. The lowest BCUT2D eigenvalue weighted by Crippen LogP contribution is -2.18. The summed E-state index contributed by atoms with van der Waals surface area (Å²) in [6.07, 6.45) is 0. The van der Waals surface area contributed by atoms with Gasteiger partial charge in [-0.3, -0.25) is 0 Å². The fourth-order valence-corrected chi connectivity index (χ4v) is 2.30. The number of benzene rings is 2. The van der Waals surface area contributed by atoms with Gasteiger partial charge in [-0.15, -0.1) is 0 Å². The molecule has 0 unspecified atom stereocenters. The van der Waals surface area contributed by atoms with Gasteiger partial charge in [0.2, 0.25) is 5.90 Å². The largest absolute Gasteiger partial charge is 0.496 e. The van der Waals surface area contributed by atoms with Crippen LogP contribution in [-0.2, 0) is 11.3 Å². The summed E-state index contributed by atoms with van der Waals surface area (Å²) in [6.45, 7) is 0.127. The quantitative estimate of drug-likeness (QED) is 0.942. The minimum absolute atomic E-state index is 0.0600. The van der Waals surface area contributed by atoms with Gasteiger partial charge in [-0.1, -0.05) is 36.4 Å². The molecule has 2 aromatic rings. The molecule has 2 aromatic carbocycles. The van der Waals surface area contributed by atoms with Crippen molar-refractivity contribution in [3.8, 4) is 5.75 Å². The van der Waals surface area contributed by atoms with Crippen LogP contribution in [0.1, 0.15) is 16.7 Å². The second kappa shape index (κ2) is 6.41. The lowest BCUT2D eigenvalue weighted by molar-refractivity contribution is 0.281. The second-order valence-corrected chi connectivity index (χ2v) is 4.69. The predicted molar refractivity (Wildman–Crippen MR) is 84.4 cm³/mol. The summed E-state index contributed by atoms with van der Waals surface area (Å²) in [6, 6.07) is 15.0. The van der Waals surface area contributed by atoms with Gasteiger partial charge < -0.3 is 14.6 Å². The van der Waals surface area contributed by atoms with E-state index in [0.29, 0.717) is 17.5 Å². The minimum Gasteiger partial charge on any atom is -0.496 e. The van der Waals surface area contributed by atoms with Crippen LogP contribution >= 0.6 is 0 Å². The highest BCUT2D eigenvalue weighted by Crippen LogP contribution is 2.22. The van der Waals surface area contributed by atoms with E-state index in [4.69, 9.17) is 9.47 Å². The molecular weight excluding hydrogens is 280 g/mol. The second-order valence-electron chi connectivity index (χ2n) is 4.69. The van der Waals surface area contributed by atoms with Crippen molar-refractivity contribution in [2.24, 2.45) is 9.98 Å². The zero-order chi connectivity index (χ0) is 15.4. The molecule has 1 aliphatic rings. The normalized spacial score (nSPS) is 13.9. The van der Waals surface area contributed by atoms with E-state index in [1.807, 2.05) is 48.5 Å². The monoisotopic (exact) mass is 296 g/mol. The first kappa shape index (κ1) is 14.3. The van der Waals surface area contributed by atoms with Crippen LogP contribution in [0.4, 0.5) is 0 Å². The number of rotatable bonds is 4. The number of amidine groups is 1. The molecule has 5 heteroatoms. The molecule has 0 atom stereocenters. The molecule has 0 saturated carbocycles. The zero-order valence-electron chi connectivity index (χ0n) is 12.2. The molecule has 3 rings (SSSR count). The average Bonchev–Trinajstić information content (AvgIpc) is 2.61. The number of aliphatic hydroxyl groups is 1. The fourth-order valence-electron chi connectivity index (χ4n) is 2.30.